The van der Waals surface area contributed by atoms with Gasteiger partial charge in [0.15, 0.2) is 0 Å². The summed E-state index contributed by atoms with van der Waals surface area (Å²) >= 11 is 0. The molecule has 0 bridgehead atoms. The van der Waals surface area contributed by atoms with Crippen LogP contribution in [-0.2, 0) is 23.8 Å². The van der Waals surface area contributed by atoms with E-state index in [1.807, 2.05) is 13.8 Å². The van der Waals surface area contributed by atoms with Gasteiger partial charge in [-0.25, -0.2) is 0 Å². The SMILES string of the molecule is CC1=C2[C@H]3OC(=O)[C@@H](C)[C@@H]3CC[C@@]2(C)[C@H](OS(=O)(=O)c2ccc(C)cc2)CC1. The minimum absolute atomic E-state index is 0.104. The van der Waals surface area contributed by atoms with Gasteiger partial charge >= 0.3 is 5.97 Å². The molecular weight excluding hydrogens is 376 g/mol. The molecule has 1 aromatic carbocycles. The highest BCUT2D eigenvalue weighted by molar-refractivity contribution is 7.86. The molecule has 1 aromatic rings. The van der Waals surface area contributed by atoms with Gasteiger partial charge in [-0.3, -0.25) is 8.98 Å². The number of hydrogen-bond donors (Lipinski definition) is 0. The van der Waals surface area contributed by atoms with E-state index in [-0.39, 0.29) is 28.8 Å². The maximum atomic E-state index is 12.9. The fourth-order valence-corrected chi connectivity index (χ4v) is 6.49. The van der Waals surface area contributed by atoms with E-state index in [1.165, 1.54) is 5.57 Å². The zero-order valence-electron chi connectivity index (χ0n) is 16.9. The van der Waals surface area contributed by atoms with Gasteiger partial charge in [-0.1, -0.05) is 37.1 Å². The third-order valence-electron chi connectivity index (χ3n) is 7.05. The second kappa shape index (κ2) is 6.70. The molecule has 1 heterocycles. The highest BCUT2D eigenvalue weighted by atomic mass is 32.2. The van der Waals surface area contributed by atoms with E-state index in [0.29, 0.717) is 6.42 Å². The number of ether oxygens (including phenoxy) is 1. The highest BCUT2D eigenvalue weighted by Gasteiger charge is 2.56. The summed E-state index contributed by atoms with van der Waals surface area (Å²) in [6, 6.07) is 6.74. The Kier molecular flexibility index (Phi) is 4.70. The van der Waals surface area contributed by atoms with Crippen LogP contribution in [-0.4, -0.2) is 26.6 Å². The molecule has 0 unspecified atom stereocenters. The Morgan fingerprint density at radius 2 is 1.82 bits per heavy atom. The van der Waals surface area contributed by atoms with Crippen LogP contribution in [0.5, 0.6) is 0 Å². The molecule has 152 valence electrons. The summed E-state index contributed by atoms with van der Waals surface area (Å²) in [5, 5.41) is 0. The quantitative estimate of drug-likeness (QED) is 0.430. The number of esters is 1. The summed E-state index contributed by atoms with van der Waals surface area (Å²) in [7, 11) is -3.86. The average Bonchev–Trinajstić information content (AvgIpc) is 2.92. The van der Waals surface area contributed by atoms with Crippen molar-refractivity contribution in [2.75, 3.05) is 0 Å². The summed E-state index contributed by atoms with van der Waals surface area (Å²) in [5.41, 5.74) is 2.87. The maximum absolute atomic E-state index is 12.9. The Balaban J connectivity index is 1.66. The van der Waals surface area contributed by atoms with E-state index >= 15 is 0 Å². The Hall–Kier alpha value is -1.66. The summed E-state index contributed by atoms with van der Waals surface area (Å²) < 4.78 is 37.4. The minimum Gasteiger partial charge on any atom is -0.457 e. The van der Waals surface area contributed by atoms with Crippen molar-refractivity contribution < 1.29 is 22.1 Å². The molecule has 5 atom stereocenters. The Labute approximate surface area is 167 Å². The molecule has 0 N–H and O–H groups in total. The van der Waals surface area contributed by atoms with Gasteiger partial charge in [-0.05, 0) is 57.2 Å². The Bertz CT molecular complexity index is 930. The average molecular weight is 405 g/mol. The Morgan fingerprint density at radius 3 is 2.50 bits per heavy atom. The molecule has 1 aliphatic heterocycles. The highest BCUT2D eigenvalue weighted by Crippen LogP contribution is 2.56. The predicted octanol–water partition coefficient (Wildman–Crippen LogP) is 4.16. The van der Waals surface area contributed by atoms with Gasteiger partial charge in [0.05, 0.1) is 16.9 Å². The number of hydrogen-bond acceptors (Lipinski definition) is 5. The summed E-state index contributed by atoms with van der Waals surface area (Å²) in [5.74, 6) is -0.0692. The van der Waals surface area contributed by atoms with E-state index in [0.717, 1.165) is 30.4 Å². The molecule has 4 rings (SSSR count). The van der Waals surface area contributed by atoms with E-state index in [2.05, 4.69) is 13.8 Å². The fraction of sp³-hybridized carbons (Fsp3) is 0.591. The van der Waals surface area contributed by atoms with Gasteiger partial charge in [-0.2, -0.15) is 8.42 Å². The molecule has 2 fully saturated rings. The standard InChI is InChI=1S/C22H28O5S/c1-13-5-8-16(9-6-13)28(24,25)27-18-10-7-14(2)19-20-17(11-12-22(18,19)4)15(3)21(23)26-20/h5-6,8-9,15,17-18,20H,7,10-12H2,1-4H3/t15-,17-,18+,20-,22-/m0/s1. The third kappa shape index (κ3) is 3.01. The van der Waals surface area contributed by atoms with Crippen LogP contribution in [0, 0.1) is 24.2 Å². The second-order valence-corrected chi connectivity index (χ2v) is 10.4. The lowest BCUT2D eigenvalue weighted by Crippen LogP contribution is -2.49. The van der Waals surface area contributed by atoms with Crippen molar-refractivity contribution >= 4 is 16.1 Å². The molecule has 0 spiro atoms. The number of carbonyl (C=O) groups excluding carboxylic acids is 1. The van der Waals surface area contributed by atoms with E-state index in [9.17, 15) is 13.2 Å². The monoisotopic (exact) mass is 404 g/mol. The lowest BCUT2D eigenvalue weighted by Gasteiger charge is -2.49. The first-order valence-corrected chi connectivity index (χ1v) is 11.4. The van der Waals surface area contributed by atoms with Crippen LogP contribution in [0.1, 0.15) is 52.0 Å². The predicted molar refractivity (Wildman–Crippen MR) is 105 cm³/mol. The van der Waals surface area contributed by atoms with E-state index in [4.69, 9.17) is 8.92 Å². The smallest absolute Gasteiger partial charge is 0.309 e. The van der Waals surface area contributed by atoms with Crippen molar-refractivity contribution in [3.63, 3.8) is 0 Å². The zero-order valence-corrected chi connectivity index (χ0v) is 17.7. The van der Waals surface area contributed by atoms with Crippen LogP contribution < -0.4 is 0 Å². The van der Waals surface area contributed by atoms with Crippen molar-refractivity contribution in [1.29, 1.82) is 0 Å². The van der Waals surface area contributed by atoms with Crippen LogP contribution in [0.15, 0.2) is 40.3 Å². The maximum Gasteiger partial charge on any atom is 0.309 e. The normalized spacial score (nSPS) is 35.4. The minimum atomic E-state index is -3.86. The topological polar surface area (TPSA) is 69.7 Å². The molecule has 0 amide bonds. The van der Waals surface area contributed by atoms with Crippen molar-refractivity contribution in [2.45, 2.75) is 70.5 Å². The van der Waals surface area contributed by atoms with E-state index < -0.39 is 21.6 Å². The van der Waals surface area contributed by atoms with Crippen LogP contribution in [0.3, 0.4) is 0 Å². The van der Waals surface area contributed by atoms with Gasteiger partial charge < -0.3 is 4.74 Å². The summed E-state index contributed by atoms with van der Waals surface area (Å²) in [4.78, 5) is 12.4. The summed E-state index contributed by atoms with van der Waals surface area (Å²) in [6.07, 6.45) is 2.36. The van der Waals surface area contributed by atoms with Crippen LogP contribution in [0.4, 0.5) is 0 Å². The van der Waals surface area contributed by atoms with Gasteiger partial charge in [0.2, 0.25) is 0 Å². The van der Waals surface area contributed by atoms with E-state index in [1.54, 1.807) is 24.3 Å². The van der Waals surface area contributed by atoms with Gasteiger partial charge in [0.25, 0.3) is 10.1 Å². The molecule has 6 heteroatoms. The van der Waals surface area contributed by atoms with Crippen molar-refractivity contribution in [2.24, 2.45) is 17.3 Å². The van der Waals surface area contributed by atoms with Gasteiger partial charge in [-0.15, -0.1) is 0 Å². The number of allylic oxidation sites excluding steroid dienone is 1. The number of rotatable bonds is 3. The molecule has 1 saturated carbocycles. The molecule has 0 radical (unpaired) electrons. The molecular formula is C22H28O5S. The number of aryl methyl sites for hydroxylation is 1. The van der Waals surface area contributed by atoms with Gasteiger partial charge in [0.1, 0.15) is 6.10 Å². The van der Waals surface area contributed by atoms with Crippen LogP contribution >= 0.6 is 0 Å². The van der Waals surface area contributed by atoms with Crippen molar-refractivity contribution in [1.82, 2.24) is 0 Å². The zero-order chi connectivity index (χ0) is 20.3. The lowest BCUT2D eigenvalue weighted by molar-refractivity contribution is -0.143. The number of carbonyl (C=O) groups is 1. The van der Waals surface area contributed by atoms with Crippen molar-refractivity contribution in [3.8, 4) is 0 Å². The first-order valence-electron chi connectivity index (χ1n) is 10.0. The number of fused-ring (bicyclic) bond motifs is 3. The third-order valence-corrected chi connectivity index (χ3v) is 8.38. The van der Waals surface area contributed by atoms with Crippen LogP contribution in [0.2, 0.25) is 0 Å². The molecule has 28 heavy (non-hydrogen) atoms. The molecule has 2 aliphatic carbocycles. The van der Waals surface area contributed by atoms with Gasteiger partial charge in [0, 0.05) is 11.3 Å². The second-order valence-electron chi connectivity index (χ2n) is 8.85. The first kappa shape index (κ1) is 19.6. The fourth-order valence-electron chi connectivity index (χ4n) is 5.29. The summed E-state index contributed by atoms with van der Waals surface area (Å²) in [6.45, 7) is 8.01. The van der Waals surface area contributed by atoms with Crippen LogP contribution in [0.25, 0.3) is 0 Å². The Morgan fingerprint density at radius 1 is 1.14 bits per heavy atom. The largest absolute Gasteiger partial charge is 0.457 e. The molecule has 5 nitrogen and oxygen atoms in total. The molecule has 1 saturated heterocycles. The van der Waals surface area contributed by atoms with Crippen molar-refractivity contribution in [3.05, 3.63) is 41.0 Å². The first-order chi connectivity index (χ1) is 13.1. The number of benzene rings is 1. The lowest BCUT2D eigenvalue weighted by atomic mass is 9.58. The molecule has 0 aromatic heterocycles. The molecule has 3 aliphatic rings.